The molecule has 4 nitrogen and oxygen atoms in total. The first kappa shape index (κ1) is 10.2. The Morgan fingerprint density at radius 2 is 2.00 bits per heavy atom. The summed E-state index contributed by atoms with van der Waals surface area (Å²) in [7, 11) is 1.65. The third kappa shape index (κ3) is 2.19. The maximum atomic E-state index is 5.14. The molecule has 0 amide bonds. The minimum Gasteiger partial charge on any atom is -0.493 e. The molecule has 4 heteroatoms. The van der Waals surface area contributed by atoms with Crippen LogP contribution in [0.5, 0.6) is 5.75 Å². The third-order valence-corrected chi connectivity index (χ3v) is 2.78. The van der Waals surface area contributed by atoms with Crippen molar-refractivity contribution < 1.29 is 4.74 Å². The smallest absolute Gasteiger partial charge is 0.225 e. The van der Waals surface area contributed by atoms with Gasteiger partial charge in [-0.25, -0.2) is 9.97 Å². The Bertz CT molecular complexity index is 335. The van der Waals surface area contributed by atoms with E-state index in [1.165, 1.54) is 19.3 Å². The molecule has 0 N–H and O–H groups in total. The number of hydrogen-bond donors (Lipinski definition) is 0. The van der Waals surface area contributed by atoms with Gasteiger partial charge in [0.1, 0.15) is 0 Å². The molecule has 0 radical (unpaired) electrons. The van der Waals surface area contributed by atoms with Crippen LogP contribution in [-0.4, -0.2) is 30.2 Å². The lowest BCUT2D eigenvalue weighted by Crippen LogP contribution is -2.31. The van der Waals surface area contributed by atoms with Crippen molar-refractivity contribution in [3.63, 3.8) is 0 Å². The lowest BCUT2D eigenvalue weighted by Gasteiger charge is -2.26. The van der Waals surface area contributed by atoms with Gasteiger partial charge in [0.25, 0.3) is 0 Å². The van der Waals surface area contributed by atoms with Crippen LogP contribution in [0, 0.1) is 6.92 Å². The van der Waals surface area contributed by atoms with Crippen molar-refractivity contribution in [2.75, 3.05) is 25.1 Å². The summed E-state index contributed by atoms with van der Waals surface area (Å²) in [6.07, 6.45) is 5.57. The molecule has 15 heavy (non-hydrogen) atoms. The van der Waals surface area contributed by atoms with Crippen LogP contribution >= 0.6 is 0 Å². The van der Waals surface area contributed by atoms with E-state index in [2.05, 4.69) is 14.9 Å². The number of methoxy groups -OCH3 is 1. The van der Waals surface area contributed by atoms with Crippen molar-refractivity contribution in [1.29, 1.82) is 0 Å². The Morgan fingerprint density at radius 1 is 1.27 bits per heavy atom. The molecule has 0 bridgehead atoms. The molecule has 1 aliphatic heterocycles. The van der Waals surface area contributed by atoms with Crippen molar-refractivity contribution in [2.45, 2.75) is 26.2 Å². The SMILES string of the molecule is COc1cnc(N2CCCCC2)nc1C. The standard InChI is InChI=1S/C11H17N3O/c1-9-10(15-2)8-12-11(13-9)14-6-4-3-5-7-14/h8H,3-7H2,1-2H3. The van der Waals surface area contributed by atoms with Gasteiger partial charge in [-0.2, -0.15) is 0 Å². The maximum absolute atomic E-state index is 5.14. The van der Waals surface area contributed by atoms with Gasteiger partial charge in [0.2, 0.25) is 5.95 Å². The largest absolute Gasteiger partial charge is 0.493 e. The molecule has 1 aromatic rings. The Labute approximate surface area is 90.3 Å². The molecule has 82 valence electrons. The van der Waals surface area contributed by atoms with Gasteiger partial charge in [-0.15, -0.1) is 0 Å². The van der Waals surface area contributed by atoms with Gasteiger partial charge in [0.15, 0.2) is 5.75 Å². The fourth-order valence-corrected chi connectivity index (χ4v) is 1.89. The quantitative estimate of drug-likeness (QED) is 0.741. The monoisotopic (exact) mass is 207 g/mol. The normalized spacial score (nSPS) is 16.5. The molecule has 0 saturated carbocycles. The molecule has 1 fully saturated rings. The zero-order valence-electron chi connectivity index (χ0n) is 9.36. The van der Waals surface area contributed by atoms with Crippen LogP contribution in [0.2, 0.25) is 0 Å². The molecule has 0 unspecified atom stereocenters. The van der Waals surface area contributed by atoms with Crippen molar-refractivity contribution in [3.8, 4) is 5.75 Å². The minimum absolute atomic E-state index is 0.760. The first-order chi connectivity index (χ1) is 7.31. The highest BCUT2D eigenvalue weighted by Gasteiger charge is 2.14. The van der Waals surface area contributed by atoms with Gasteiger partial charge < -0.3 is 9.64 Å². The highest BCUT2D eigenvalue weighted by molar-refractivity contribution is 5.35. The number of aryl methyl sites for hydroxylation is 1. The Kier molecular flexibility index (Phi) is 3.04. The second-order valence-electron chi connectivity index (χ2n) is 3.87. The van der Waals surface area contributed by atoms with Crippen LogP contribution < -0.4 is 9.64 Å². The molecule has 1 saturated heterocycles. The van der Waals surface area contributed by atoms with E-state index in [1.54, 1.807) is 13.3 Å². The molecular weight excluding hydrogens is 190 g/mol. The molecule has 0 atom stereocenters. The number of hydrogen-bond acceptors (Lipinski definition) is 4. The van der Waals surface area contributed by atoms with Crippen molar-refractivity contribution in [1.82, 2.24) is 9.97 Å². The molecule has 0 aliphatic carbocycles. The van der Waals surface area contributed by atoms with E-state index in [0.717, 1.165) is 30.5 Å². The van der Waals surface area contributed by atoms with Crippen LogP contribution in [0.1, 0.15) is 25.0 Å². The summed E-state index contributed by atoms with van der Waals surface area (Å²) in [6, 6.07) is 0. The first-order valence-corrected chi connectivity index (χ1v) is 5.44. The maximum Gasteiger partial charge on any atom is 0.225 e. The second kappa shape index (κ2) is 4.47. The van der Waals surface area contributed by atoms with Crippen LogP contribution in [0.25, 0.3) is 0 Å². The van der Waals surface area contributed by atoms with E-state index >= 15 is 0 Å². The zero-order chi connectivity index (χ0) is 10.7. The second-order valence-corrected chi connectivity index (χ2v) is 3.87. The Morgan fingerprint density at radius 3 is 2.60 bits per heavy atom. The van der Waals surface area contributed by atoms with E-state index < -0.39 is 0 Å². The third-order valence-electron chi connectivity index (χ3n) is 2.78. The molecular formula is C11H17N3O. The van der Waals surface area contributed by atoms with E-state index in [9.17, 15) is 0 Å². The predicted molar refractivity (Wildman–Crippen MR) is 59.4 cm³/mol. The molecule has 0 aromatic carbocycles. The Balaban J connectivity index is 2.17. The van der Waals surface area contributed by atoms with Gasteiger partial charge in [-0.3, -0.25) is 0 Å². The van der Waals surface area contributed by atoms with E-state index in [1.807, 2.05) is 6.92 Å². The summed E-state index contributed by atoms with van der Waals surface area (Å²) in [6.45, 7) is 4.10. The van der Waals surface area contributed by atoms with Crippen LogP contribution in [-0.2, 0) is 0 Å². The highest BCUT2D eigenvalue weighted by Crippen LogP contribution is 2.19. The van der Waals surface area contributed by atoms with Crippen LogP contribution in [0.3, 0.4) is 0 Å². The van der Waals surface area contributed by atoms with Gasteiger partial charge in [-0.1, -0.05) is 0 Å². The van der Waals surface area contributed by atoms with E-state index in [4.69, 9.17) is 4.74 Å². The minimum atomic E-state index is 0.760. The lowest BCUT2D eigenvalue weighted by molar-refractivity contribution is 0.406. The van der Waals surface area contributed by atoms with Crippen LogP contribution in [0.15, 0.2) is 6.20 Å². The topological polar surface area (TPSA) is 38.2 Å². The highest BCUT2D eigenvalue weighted by atomic mass is 16.5. The van der Waals surface area contributed by atoms with Crippen LogP contribution in [0.4, 0.5) is 5.95 Å². The van der Waals surface area contributed by atoms with Gasteiger partial charge in [-0.05, 0) is 26.2 Å². The van der Waals surface area contributed by atoms with Crippen molar-refractivity contribution in [2.24, 2.45) is 0 Å². The summed E-state index contributed by atoms with van der Waals surface area (Å²) < 4.78 is 5.14. The Hall–Kier alpha value is -1.32. The molecule has 0 spiro atoms. The number of ether oxygens (including phenoxy) is 1. The van der Waals surface area contributed by atoms with E-state index in [0.29, 0.717) is 0 Å². The number of piperidine rings is 1. The van der Waals surface area contributed by atoms with Gasteiger partial charge in [0.05, 0.1) is 19.0 Å². The number of rotatable bonds is 2. The van der Waals surface area contributed by atoms with Crippen molar-refractivity contribution >= 4 is 5.95 Å². The number of nitrogens with zero attached hydrogens (tertiary/aromatic N) is 3. The van der Waals surface area contributed by atoms with Gasteiger partial charge >= 0.3 is 0 Å². The fourth-order valence-electron chi connectivity index (χ4n) is 1.89. The average Bonchev–Trinajstić information content (AvgIpc) is 2.30. The number of aromatic nitrogens is 2. The lowest BCUT2D eigenvalue weighted by atomic mass is 10.1. The summed E-state index contributed by atoms with van der Waals surface area (Å²) in [4.78, 5) is 11.0. The molecule has 1 aromatic heterocycles. The summed E-state index contributed by atoms with van der Waals surface area (Å²) >= 11 is 0. The fraction of sp³-hybridized carbons (Fsp3) is 0.636. The van der Waals surface area contributed by atoms with Crippen molar-refractivity contribution in [3.05, 3.63) is 11.9 Å². The van der Waals surface area contributed by atoms with E-state index in [-0.39, 0.29) is 0 Å². The number of anilines is 1. The predicted octanol–water partition coefficient (Wildman–Crippen LogP) is 1.78. The molecule has 2 rings (SSSR count). The summed E-state index contributed by atoms with van der Waals surface area (Å²) in [5, 5.41) is 0. The summed E-state index contributed by atoms with van der Waals surface area (Å²) in [5.41, 5.74) is 0.910. The molecule has 2 heterocycles. The summed E-state index contributed by atoms with van der Waals surface area (Å²) in [5.74, 6) is 1.60. The average molecular weight is 207 g/mol. The zero-order valence-corrected chi connectivity index (χ0v) is 9.36. The first-order valence-electron chi connectivity index (χ1n) is 5.44. The molecule has 1 aliphatic rings. The van der Waals surface area contributed by atoms with Gasteiger partial charge in [0, 0.05) is 13.1 Å².